The zero-order valence-corrected chi connectivity index (χ0v) is 12.4. The maximum Gasteiger partial charge on any atom is 0.233 e. The van der Waals surface area contributed by atoms with E-state index in [1.807, 2.05) is 37.3 Å². The number of aliphatic hydroxyl groups excluding tert-OH is 1. The van der Waals surface area contributed by atoms with Crippen molar-refractivity contribution in [1.82, 2.24) is 4.98 Å². The van der Waals surface area contributed by atoms with Gasteiger partial charge in [0.1, 0.15) is 0 Å². The fraction of sp³-hybridized carbons (Fsp3) is 0.333. The van der Waals surface area contributed by atoms with Crippen LogP contribution in [0.15, 0.2) is 35.7 Å². The molecule has 2 aromatic rings. The number of aromatic nitrogens is 1. The molecule has 0 radical (unpaired) electrons. The van der Waals surface area contributed by atoms with Crippen molar-refractivity contribution in [2.75, 3.05) is 5.32 Å². The Hall–Kier alpha value is -1.72. The van der Waals surface area contributed by atoms with Crippen molar-refractivity contribution in [1.29, 1.82) is 0 Å². The second-order valence-corrected chi connectivity index (χ2v) is 5.47. The molecule has 1 amide bonds. The van der Waals surface area contributed by atoms with Crippen molar-refractivity contribution in [2.24, 2.45) is 0 Å². The zero-order chi connectivity index (χ0) is 14.5. The minimum Gasteiger partial charge on any atom is -0.387 e. The van der Waals surface area contributed by atoms with Crippen LogP contribution in [0.25, 0.3) is 0 Å². The van der Waals surface area contributed by atoms with Gasteiger partial charge in [0.2, 0.25) is 5.91 Å². The van der Waals surface area contributed by atoms with Crippen LogP contribution in [0.4, 0.5) is 5.13 Å². The van der Waals surface area contributed by atoms with Gasteiger partial charge in [-0.05, 0) is 18.9 Å². The summed E-state index contributed by atoms with van der Waals surface area (Å²) in [6.07, 6.45) is 0.109. The van der Waals surface area contributed by atoms with Crippen molar-refractivity contribution in [2.45, 2.75) is 32.3 Å². The lowest BCUT2D eigenvalue weighted by molar-refractivity contribution is -0.117. The highest BCUT2D eigenvalue weighted by Crippen LogP contribution is 2.24. The molecule has 2 unspecified atom stereocenters. The second kappa shape index (κ2) is 6.63. The molecule has 0 spiro atoms. The second-order valence-electron chi connectivity index (χ2n) is 4.61. The van der Waals surface area contributed by atoms with Gasteiger partial charge in [-0.15, -0.1) is 11.3 Å². The van der Waals surface area contributed by atoms with Crippen LogP contribution in [-0.4, -0.2) is 16.0 Å². The molecule has 20 heavy (non-hydrogen) atoms. The number of thiazole rings is 1. The highest BCUT2D eigenvalue weighted by atomic mass is 32.1. The Kier molecular flexibility index (Phi) is 4.87. The van der Waals surface area contributed by atoms with Crippen LogP contribution >= 0.6 is 11.3 Å². The van der Waals surface area contributed by atoms with Crippen LogP contribution in [0.5, 0.6) is 0 Å². The summed E-state index contributed by atoms with van der Waals surface area (Å²) in [6, 6.07) is 9.71. The van der Waals surface area contributed by atoms with E-state index >= 15 is 0 Å². The minimum atomic E-state index is -0.618. The van der Waals surface area contributed by atoms with Crippen molar-refractivity contribution < 1.29 is 9.90 Å². The van der Waals surface area contributed by atoms with E-state index in [0.29, 0.717) is 10.8 Å². The fourth-order valence-corrected chi connectivity index (χ4v) is 2.79. The number of benzene rings is 1. The summed E-state index contributed by atoms with van der Waals surface area (Å²) in [4.78, 5) is 16.5. The molecule has 0 bridgehead atoms. The standard InChI is InChI=1S/C15H18N2O2S/c1-3-12(11-7-5-4-6-8-11)14(19)17-15-16-13(9-20-15)10(2)18/h4-10,12,18H,3H2,1-2H3,(H,16,17,19). The lowest BCUT2D eigenvalue weighted by Crippen LogP contribution is -2.20. The van der Waals surface area contributed by atoms with Gasteiger partial charge in [0.15, 0.2) is 5.13 Å². The number of anilines is 1. The zero-order valence-electron chi connectivity index (χ0n) is 11.5. The molecule has 1 aromatic carbocycles. The molecule has 106 valence electrons. The average Bonchev–Trinajstić information content (AvgIpc) is 2.89. The first-order chi connectivity index (χ1) is 9.61. The van der Waals surface area contributed by atoms with Gasteiger partial charge in [0, 0.05) is 5.38 Å². The summed E-state index contributed by atoms with van der Waals surface area (Å²) >= 11 is 1.33. The summed E-state index contributed by atoms with van der Waals surface area (Å²) in [5.74, 6) is -0.250. The molecule has 0 saturated heterocycles. The van der Waals surface area contributed by atoms with Gasteiger partial charge < -0.3 is 10.4 Å². The first kappa shape index (κ1) is 14.7. The molecule has 5 heteroatoms. The molecule has 0 fully saturated rings. The molecule has 2 N–H and O–H groups in total. The Labute approximate surface area is 122 Å². The van der Waals surface area contributed by atoms with Gasteiger partial charge in [-0.2, -0.15) is 0 Å². The van der Waals surface area contributed by atoms with Crippen molar-refractivity contribution in [3.8, 4) is 0 Å². The molecule has 2 rings (SSSR count). The van der Waals surface area contributed by atoms with Crippen molar-refractivity contribution in [3.63, 3.8) is 0 Å². The topological polar surface area (TPSA) is 62.2 Å². The quantitative estimate of drug-likeness (QED) is 0.888. The molecule has 0 aliphatic carbocycles. The summed E-state index contributed by atoms with van der Waals surface area (Å²) in [5.41, 5.74) is 1.58. The summed E-state index contributed by atoms with van der Waals surface area (Å²) in [6.45, 7) is 3.64. The summed E-state index contributed by atoms with van der Waals surface area (Å²) in [7, 11) is 0. The predicted molar refractivity (Wildman–Crippen MR) is 80.9 cm³/mol. The normalized spacial score (nSPS) is 13.8. The van der Waals surface area contributed by atoms with Crippen molar-refractivity contribution >= 4 is 22.4 Å². The van der Waals surface area contributed by atoms with Crippen LogP contribution in [0, 0.1) is 0 Å². The average molecular weight is 290 g/mol. The summed E-state index contributed by atoms with van der Waals surface area (Å²) < 4.78 is 0. The number of rotatable bonds is 5. The van der Waals surface area contributed by atoms with Gasteiger partial charge in [0.25, 0.3) is 0 Å². The Bertz CT molecular complexity index is 566. The lowest BCUT2D eigenvalue weighted by atomic mass is 9.96. The number of aliphatic hydroxyl groups is 1. The molecule has 0 aliphatic rings. The number of hydrogen-bond acceptors (Lipinski definition) is 4. The minimum absolute atomic E-state index is 0.0646. The van der Waals surface area contributed by atoms with Gasteiger partial charge in [-0.1, -0.05) is 37.3 Å². The maximum atomic E-state index is 12.3. The van der Waals surface area contributed by atoms with Crippen molar-refractivity contribution in [3.05, 3.63) is 47.0 Å². The third-order valence-corrected chi connectivity index (χ3v) is 3.88. The van der Waals surface area contributed by atoms with E-state index in [1.54, 1.807) is 12.3 Å². The first-order valence-electron chi connectivity index (χ1n) is 6.61. The highest BCUT2D eigenvalue weighted by Gasteiger charge is 2.19. The monoisotopic (exact) mass is 290 g/mol. The van der Waals surface area contributed by atoms with Crippen LogP contribution in [0.1, 0.15) is 43.5 Å². The molecular formula is C15H18N2O2S. The third kappa shape index (κ3) is 3.43. The number of amides is 1. The molecule has 1 aromatic heterocycles. The smallest absolute Gasteiger partial charge is 0.233 e. The predicted octanol–water partition coefficient (Wildman–Crippen LogP) is 3.33. The van der Waals surface area contributed by atoms with E-state index in [4.69, 9.17) is 0 Å². The number of hydrogen-bond donors (Lipinski definition) is 2. The first-order valence-corrected chi connectivity index (χ1v) is 7.49. The van der Waals surface area contributed by atoms with Crippen LogP contribution < -0.4 is 5.32 Å². The highest BCUT2D eigenvalue weighted by molar-refractivity contribution is 7.13. The Balaban J connectivity index is 2.09. The number of carbonyl (C=O) groups excluding carboxylic acids is 1. The van der Waals surface area contributed by atoms with Crippen LogP contribution in [0.3, 0.4) is 0 Å². The molecule has 0 aliphatic heterocycles. The fourth-order valence-electron chi connectivity index (χ4n) is 1.99. The third-order valence-electron chi connectivity index (χ3n) is 3.11. The molecular weight excluding hydrogens is 272 g/mol. The van der Waals surface area contributed by atoms with E-state index in [2.05, 4.69) is 10.3 Å². The number of nitrogens with zero attached hydrogens (tertiary/aromatic N) is 1. The number of nitrogens with one attached hydrogen (secondary N) is 1. The van der Waals surface area contributed by atoms with Gasteiger partial charge in [-0.25, -0.2) is 4.98 Å². The van der Waals surface area contributed by atoms with Gasteiger partial charge in [0.05, 0.1) is 17.7 Å². The Morgan fingerprint density at radius 3 is 2.65 bits per heavy atom. The Morgan fingerprint density at radius 1 is 1.40 bits per heavy atom. The van der Waals surface area contributed by atoms with Gasteiger partial charge >= 0.3 is 0 Å². The van der Waals surface area contributed by atoms with Crippen LogP contribution in [0.2, 0.25) is 0 Å². The van der Waals surface area contributed by atoms with Gasteiger partial charge in [-0.3, -0.25) is 4.79 Å². The number of carbonyl (C=O) groups is 1. The SMILES string of the molecule is CCC(C(=O)Nc1nc(C(C)O)cs1)c1ccccc1. The Morgan fingerprint density at radius 2 is 2.10 bits per heavy atom. The molecule has 4 nitrogen and oxygen atoms in total. The molecule has 2 atom stereocenters. The van der Waals surface area contributed by atoms with E-state index in [0.717, 1.165) is 12.0 Å². The van der Waals surface area contributed by atoms with E-state index in [1.165, 1.54) is 11.3 Å². The summed E-state index contributed by atoms with van der Waals surface area (Å²) in [5, 5.41) is 14.5. The lowest BCUT2D eigenvalue weighted by Gasteiger charge is -2.14. The van der Waals surface area contributed by atoms with E-state index < -0.39 is 6.10 Å². The maximum absolute atomic E-state index is 12.3. The molecule has 1 heterocycles. The largest absolute Gasteiger partial charge is 0.387 e. The van der Waals surface area contributed by atoms with Crippen LogP contribution in [-0.2, 0) is 4.79 Å². The van der Waals surface area contributed by atoms with E-state index in [9.17, 15) is 9.90 Å². The molecule has 0 saturated carbocycles. The van der Waals surface area contributed by atoms with E-state index in [-0.39, 0.29) is 11.8 Å².